The van der Waals surface area contributed by atoms with Crippen LogP contribution in [0.1, 0.15) is 42.9 Å². The Kier molecular flexibility index (Phi) is 5.87. The van der Waals surface area contributed by atoms with E-state index in [2.05, 4.69) is 46.8 Å². The molecule has 5 nitrogen and oxygen atoms in total. The Labute approximate surface area is 161 Å². The van der Waals surface area contributed by atoms with E-state index in [0.717, 1.165) is 45.4 Å². The predicted octanol–water partition coefficient (Wildman–Crippen LogP) is 2.83. The molecule has 0 unspecified atom stereocenters. The number of hydrogen-bond acceptors (Lipinski definition) is 3. The monoisotopic (exact) mass is 366 g/mol. The number of likely N-dealkylation sites (tertiary alicyclic amines) is 1. The summed E-state index contributed by atoms with van der Waals surface area (Å²) < 4.78 is 1.93. The number of rotatable bonds is 5. The lowest BCUT2D eigenvalue weighted by molar-refractivity contribution is -0.133. The highest BCUT2D eigenvalue weighted by Gasteiger charge is 2.25. The Morgan fingerprint density at radius 3 is 2.67 bits per heavy atom. The fourth-order valence-electron chi connectivity index (χ4n) is 4.49. The van der Waals surface area contributed by atoms with Crippen LogP contribution in [-0.4, -0.2) is 46.8 Å². The summed E-state index contributed by atoms with van der Waals surface area (Å²) in [7, 11) is 0. The van der Waals surface area contributed by atoms with Gasteiger partial charge in [-0.1, -0.05) is 30.3 Å². The third-order valence-electron chi connectivity index (χ3n) is 6.08. The molecule has 144 valence electrons. The molecular formula is C22H30N4O. The quantitative estimate of drug-likeness (QED) is 0.885. The molecule has 1 amide bonds. The minimum absolute atomic E-state index is 0.210. The summed E-state index contributed by atoms with van der Waals surface area (Å²) in [6.45, 7) is 4.21. The minimum Gasteiger partial charge on any atom is -0.341 e. The van der Waals surface area contributed by atoms with Gasteiger partial charge in [0, 0.05) is 37.4 Å². The number of nitrogens with one attached hydrogen (secondary N) is 1. The van der Waals surface area contributed by atoms with Crippen molar-refractivity contribution < 1.29 is 4.79 Å². The molecule has 2 aliphatic heterocycles. The van der Waals surface area contributed by atoms with Gasteiger partial charge >= 0.3 is 0 Å². The van der Waals surface area contributed by atoms with E-state index in [9.17, 15) is 4.79 Å². The summed E-state index contributed by atoms with van der Waals surface area (Å²) in [6.07, 6.45) is 7.53. The molecule has 0 spiro atoms. The molecule has 4 rings (SSSR count). The summed E-state index contributed by atoms with van der Waals surface area (Å²) in [6, 6.07) is 12.8. The molecule has 5 heteroatoms. The largest absolute Gasteiger partial charge is 0.341 e. The summed E-state index contributed by atoms with van der Waals surface area (Å²) in [5.74, 6) is 1.37. The van der Waals surface area contributed by atoms with Crippen molar-refractivity contribution in [2.45, 2.75) is 44.6 Å². The van der Waals surface area contributed by atoms with E-state index >= 15 is 0 Å². The first kappa shape index (κ1) is 18.2. The average Bonchev–Trinajstić information content (AvgIpc) is 3.18. The van der Waals surface area contributed by atoms with Crippen LogP contribution in [0.2, 0.25) is 0 Å². The van der Waals surface area contributed by atoms with Gasteiger partial charge in [0.2, 0.25) is 5.91 Å². The first-order valence-electron chi connectivity index (χ1n) is 10.3. The molecule has 2 aliphatic rings. The SMILES string of the molecule is O=C(Cn1nccc1[C@@H]1CCCNC1)N1CCC(Cc2ccccc2)CC1. The molecule has 2 saturated heterocycles. The molecule has 0 saturated carbocycles. The Bertz CT molecular complexity index is 728. The van der Waals surface area contributed by atoms with E-state index in [1.54, 1.807) is 0 Å². The van der Waals surface area contributed by atoms with Gasteiger partial charge in [-0.3, -0.25) is 9.48 Å². The number of hydrogen-bond donors (Lipinski definition) is 1. The Balaban J connectivity index is 1.29. The van der Waals surface area contributed by atoms with Crippen molar-refractivity contribution in [2.75, 3.05) is 26.2 Å². The van der Waals surface area contributed by atoms with Gasteiger partial charge in [0.25, 0.3) is 0 Å². The first-order valence-corrected chi connectivity index (χ1v) is 10.3. The van der Waals surface area contributed by atoms with Crippen LogP contribution in [0.25, 0.3) is 0 Å². The van der Waals surface area contributed by atoms with E-state index in [1.165, 1.54) is 24.1 Å². The molecule has 1 aromatic carbocycles. The zero-order valence-electron chi connectivity index (χ0n) is 16.0. The lowest BCUT2D eigenvalue weighted by atomic mass is 9.90. The topological polar surface area (TPSA) is 50.2 Å². The maximum atomic E-state index is 12.8. The van der Waals surface area contributed by atoms with Gasteiger partial charge in [-0.05, 0) is 56.2 Å². The van der Waals surface area contributed by atoms with Crippen molar-refractivity contribution in [3.63, 3.8) is 0 Å². The summed E-state index contributed by atoms with van der Waals surface area (Å²) >= 11 is 0. The molecule has 0 aliphatic carbocycles. The highest BCUT2D eigenvalue weighted by atomic mass is 16.2. The fourth-order valence-corrected chi connectivity index (χ4v) is 4.49. The zero-order valence-corrected chi connectivity index (χ0v) is 16.0. The number of aromatic nitrogens is 2. The number of nitrogens with zero attached hydrogens (tertiary/aromatic N) is 3. The number of amides is 1. The van der Waals surface area contributed by atoms with Crippen LogP contribution < -0.4 is 5.32 Å². The molecule has 0 radical (unpaired) electrons. The summed E-state index contributed by atoms with van der Waals surface area (Å²) in [5, 5.41) is 7.89. The smallest absolute Gasteiger partial charge is 0.244 e. The number of carbonyl (C=O) groups excluding carboxylic acids is 1. The van der Waals surface area contributed by atoms with Crippen LogP contribution in [-0.2, 0) is 17.8 Å². The second kappa shape index (κ2) is 8.70. The van der Waals surface area contributed by atoms with Crippen molar-refractivity contribution in [1.29, 1.82) is 0 Å². The number of piperidine rings is 2. The van der Waals surface area contributed by atoms with E-state index in [1.807, 2.05) is 15.8 Å². The third-order valence-corrected chi connectivity index (χ3v) is 6.08. The number of benzene rings is 1. The minimum atomic E-state index is 0.210. The van der Waals surface area contributed by atoms with Crippen molar-refractivity contribution in [1.82, 2.24) is 20.0 Å². The third kappa shape index (κ3) is 4.59. The van der Waals surface area contributed by atoms with Crippen LogP contribution >= 0.6 is 0 Å². The van der Waals surface area contributed by atoms with Crippen LogP contribution in [0.15, 0.2) is 42.6 Å². The van der Waals surface area contributed by atoms with Gasteiger partial charge in [-0.15, -0.1) is 0 Å². The molecule has 2 aromatic rings. The van der Waals surface area contributed by atoms with Gasteiger partial charge in [-0.25, -0.2) is 0 Å². The van der Waals surface area contributed by atoms with Gasteiger partial charge < -0.3 is 10.2 Å². The van der Waals surface area contributed by atoms with E-state index < -0.39 is 0 Å². The van der Waals surface area contributed by atoms with Crippen molar-refractivity contribution in [3.8, 4) is 0 Å². The van der Waals surface area contributed by atoms with Crippen LogP contribution in [0.3, 0.4) is 0 Å². The molecule has 1 N–H and O–H groups in total. The second-order valence-corrected chi connectivity index (χ2v) is 7.97. The van der Waals surface area contributed by atoms with Crippen LogP contribution in [0.4, 0.5) is 0 Å². The van der Waals surface area contributed by atoms with Crippen LogP contribution in [0.5, 0.6) is 0 Å². The maximum Gasteiger partial charge on any atom is 0.244 e. The Morgan fingerprint density at radius 1 is 1.11 bits per heavy atom. The maximum absolute atomic E-state index is 12.8. The fraction of sp³-hybridized carbons (Fsp3) is 0.545. The Morgan fingerprint density at radius 2 is 1.93 bits per heavy atom. The van der Waals surface area contributed by atoms with Crippen LogP contribution in [0, 0.1) is 5.92 Å². The summed E-state index contributed by atoms with van der Waals surface area (Å²) in [5.41, 5.74) is 2.61. The molecule has 3 heterocycles. The van der Waals surface area contributed by atoms with Gasteiger partial charge in [-0.2, -0.15) is 5.10 Å². The lowest BCUT2D eigenvalue weighted by Gasteiger charge is -2.32. The molecular weight excluding hydrogens is 336 g/mol. The van der Waals surface area contributed by atoms with Crippen molar-refractivity contribution in [2.24, 2.45) is 5.92 Å². The van der Waals surface area contributed by atoms with Gasteiger partial charge in [0.15, 0.2) is 0 Å². The predicted molar refractivity (Wildman–Crippen MR) is 107 cm³/mol. The number of carbonyl (C=O) groups is 1. The van der Waals surface area contributed by atoms with Gasteiger partial charge in [0.1, 0.15) is 6.54 Å². The molecule has 1 aromatic heterocycles. The van der Waals surface area contributed by atoms with E-state index in [0.29, 0.717) is 18.4 Å². The van der Waals surface area contributed by atoms with Gasteiger partial charge in [0.05, 0.1) is 0 Å². The standard InChI is InChI=1S/C22H30N4O/c27-22(17-26-21(8-12-24-26)20-7-4-11-23-16-20)25-13-9-19(10-14-25)15-18-5-2-1-3-6-18/h1-3,5-6,8,12,19-20,23H,4,7,9-11,13-17H2/t20-/m1/s1. The molecule has 1 atom stereocenters. The zero-order chi connectivity index (χ0) is 18.5. The molecule has 0 bridgehead atoms. The summed E-state index contributed by atoms with van der Waals surface area (Å²) in [4.78, 5) is 14.8. The first-order chi connectivity index (χ1) is 13.3. The lowest BCUT2D eigenvalue weighted by Crippen LogP contribution is -2.41. The van der Waals surface area contributed by atoms with Crippen molar-refractivity contribution >= 4 is 5.91 Å². The van der Waals surface area contributed by atoms with E-state index in [4.69, 9.17) is 0 Å². The van der Waals surface area contributed by atoms with E-state index in [-0.39, 0.29) is 5.91 Å². The average molecular weight is 367 g/mol. The molecule has 27 heavy (non-hydrogen) atoms. The van der Waals surface area contributed by atoms with Crippen molar-refractivity contribution in [3.05, 3.63) is 53.9 Å². The molecule has 2 fully saturated rings. The highest BCUT2D eigenvalue weighted by molar-refractivity contribution is 5.76. The Hall–Kier alpha value is -2.14. The second-order valence-electron chi connectivity index (χ2n) is 7.97. The highest BCUT2D eigenvalue weighted by Crippen LogP contribution is 2.24. The normalized spacial score (nSPS) is 21.3.